The zero-order chi connectivity index (χ0) is 13.1. The molecule has 94 valence electrons. The van der Waals surface area contributed by atoms with E-state index in [2.05, 4.69) is 5.48 Å². The van der Waals surface area contributed by atoms with Gasteiger partial charge in [-0.2, -0.15) is 0 Å². The van der Waals surface area contributed by atoms with E-state index in [1.54, 1.807) is 41.5 Å². The molecule has 0 aromatic carbocycles. The summed E-state index contributed by atoms with van der Waals surface area (Å²) in [5.41, 5.74) is 7.76. The van der Waals surface area contributed by atoms with Crippen molar-refractivity contribution in [2.75, 3.05) is 0 Å². The predicted octanol–water partition coefficient (Wildman–Crippen LogP) is 1.64. The van der Waals surface area contributed by atoms with E-state index >= 15 is 0 Å². The van der Waals surface area contributed by atoms with Gasteiger partial charge >= 0.3 is 0 Å². The number of nitrogens with two attached hydrogens (primary N) is 1. The number of hydrogen-bond donors (Lipinski definition) is 3. The van der Waals surface area contributed by atoms with E-state index < -0.39 is 11.2 Å². The average molecular weight is 246 g/mol. The van der Waals surface area contributed by atoms with Crippen molar-refractivity contribution in [3.05, 3.63) is 11.4 Å². The van der Waals surface area contributed by atoms with Crippen LogP contribution in [0, 0.1) is 0 Å². The largest absolute Gasteiger partial charge is 0.401 e. The first kappa shape index (κ1) is 15.3. The molecule has 0 aliphatic rings. The molecule has 16 heavy (non-hydrogen) atoms. The molecule has 0 amide bonds. The lowest BCUT2D eigenvalue weighted by molar-refractivity contribution is -0.174. The van der Waals surface area contributed by atoms with E-state index in [9.17, 15) is 5.11 Å². The third-order valence-corrected chi connectivity index (χ3v) is 2.83. The van der Waals surface area contributed by atoms with Crippen molar-refractivity contribution >= 4 is 17.1 Å². The monoisotopic (exact) mass is 246 g/mol. The number of thiocarbonyl (C=S) groups is 1. The van der Waals surface area contributed by atoms with Gasteiger partial charge in [-0.1, -0.05) is 12.2 Å². The van der Waals surface area contributed by atoms with E-state index in [4.69, 9.17) is 22.8 Å². The maximum atomic E-state index is 9.89. The fourth-order valence-corrected chi connectivity index (χ4v) is 0.936. The molecule has 0 heterocycles. The second-order valence-electron chi connectivity index (χ2n) is 4.89. The first-order valence-corrected chi connectivity index (χ1v) is 5.53. The predicted molar refractivity (Wildman–Crippen MR) is 69.8 cm³/mol. The lowest BCUT2D eigenvalue weighted by Gasteiger charge is -2.36. The molecular weight excluding hydrogens is 224 g/mol. The summed E-state index contributed by atoms with van der Waals surface area (Å²) in [5.74, 6) is 0. The molecule has 0 aliphatic heterocycles. The SMILES string of the molecule is CC(=S)C(NOC(C)(C)C(C)(C)O)=C(C)N. The second kappa shape index (κ2) is 5.12. The topological polar surface area (TPSA) is 67.5 Å². The number of hydroxylamine groups is 1. The standard InChI is InChI=1S/C11H22N2O2S/c1-7(12)9(8(2)16)13-15-11(5,6)10(3,4)14/h13-14H,12H2,1-6H3. The van der Waals surface area contributed by atoms with Crippen molar-refractivity contribution in [3.8, 4) is 0 Å². The molecule has 4 N–H and O–H groups in total. The molecule has 5 heteroatoms. The third-order valence-electron chi connectivity index (χ3n) is 2.63. The molecule has 0 saturated carbocycles. The van der Waals surface area contributed by atoms with Crippen LogP contribution in [0.1, 0.15) is 41.5 Å². The van der Waals surface area contributed by atoms with Crippen molar-refractivity contribution < 1.29 is 9.94 Å². The minimum absolute atomic E-state index is 0.555. The van der Waals surface area contributed by atoms with Gasteiger partial charge in [-0.05, 0) is 41.5 Å². The van der Waals surface area contributed by atoms with Crippen LogP contribution in [0.25, 0.3) is 0 Å². The van der Waals surface area contributed by atoms with E-state index in [-0.39, 0.29) is 0 Å². The molecule has 0 aromatic rings. The molecule has 0 fully saturated rings. The molecule has 0 atom stereocenters. The van der Waals surface area contributed by atoms with Gasteiger partial charge in [-0.15, -0.1) is 0 Å². The van der Waals surface area contributed by atoms with Gasteiger partial charge < -0.3 is 10.8 Å². The molecule has 0 radical (unpaired) electrons. The Bertz CT molecular complexity index is 300. The number of hydrogen-bond acceptors (Lipinski definition) is 5. The molecule has 0 saturated heterocycles. The van der Waals surface area contributed by atoms with Gasteiger partial charge in [0.05, 0.1) is 11.3 Å². The van der Waals surface area contributed by atoms with Crippen molar-refractivity contribution in [3.63, 3.8) is 0 Å². The fraction of sp³-hybridized carbons (Fsp3) is 0.727. The Labute approximate surface area is 103 Å². The Kier molecular flexibility index (Phi) is 4.91. The first-order valence-electron chi connectivity index (χ1n) is 5.12. The Balaban J connectivity index is 4.69. The zero-order valence-corrected chi connectivity index (χ0v) is 11.7. The maximum Gasteiger partial charge on any atom is 0.118 e. The van der Waals surface area contributed by atoms with E-state index in [1.165, 1.54) is 0 Å². The summed E-state index contributed by atoms with van der Waals surface area (Å²) < 4.78 is 0. The van der Waals surface area contributed by atoms with Crippen LogP contribution in [0.2, 0.25) is 0 Å². The van der Waals surface area contributed by atoms with E-state index in [1.807, 2.05) is 0 Å². The van der Waals surface area contributed by atoms with Crippen molar-refractivity contribution in [1.29, 1.82) is 0 Å². The van der Waals surface area contributed by atoms with Crippen LogP contribution < -0.4 is 11.2 Å². The van der Waals surface area contributed by atoms with Gasteiger partial charge in [-0.3, -0.25) is 10.3 Å². The molecule has 0 unspecified atom stereocenters. The zero-order valence-electron chi connectivity index (χ0n) is 10.8. The smallest absolute Gasteiger partial charge is 0.118 e. The quantitative estimate of drug-likeness (QED) is 0.391. The maximum absolute atomic E-state index is 9.89. The second-order valence-corrected chi connectivity index (χ2v) is 5.50. The summed E-state index contributed by atoms with van der Waals surface area (Å²) in [4.78, 5) is 6.07. The van der Waals surface area contributed by atoms with E-state index in [0.717, 1.165) is 0 Å². The van der Waals surface area contributed by atoms with Gasteiger partial charge in [0.1, 0.15) is 5.60 Å². The number of allylic oxidation sites excluding steroid dienone is 2. The summed E-state index contributed by atoms with van der Waals surface area (Å²) in [6.45, 7) is 10.4. The molecule has 0 aromatic heterocycles. The normalized spacial score (nSPS) is 14.4. The molecule has 0 spiro atoms. The van der Waals surface area contributed by atoms with Crippen LogP contribution in [-0.2, 0) is 4.84 Å². The van der Waals surface area contributed by atoms with Crippen molar-refractivity contribution in [2.45, 2.75) is 52.7 Å². The van der Waals surface area contributed by atoms with E-state index in [0.29, 0.717) is 16.3 Å². The van der Waals surface area contributed by atoms with Gasteiger partial charge in [0, 0.05) is 10.6 Å². The van der Waals surface area contributed by atoms with Gasteiger partial charge in [0.25, 0.3) is 0 Å². The average Bonchev–Trinajstić information content (AvgIpc) is 1.99. The van der Waals surface area contributed by atoms with Gasteiger partial charge in [-0.25, -0.2) is 0 Å². The summed E-state index contributed by atoms with van der Waals surface area (Å²) in [5, 5.41) is 9.89. The van der Waals surface area contributed by atoms with Crippen LogP contribution >= 0.6 is 12.2 Å². The number of aliphatic hydroxyl groups is 1. The minimum atomic E-state index is -0.983. The van der Waals surface area contributed by atoms with Gasteiger partial charge in [0.2, 0.25) is 0 Å². The molecule has 0 aliphatic carbocycles. The Morgan fingerprint density at radius 1 is 1.25 bits per heavy atom. The summed E-state index contributed by atoms with van der Waals surface area (Å²) >= 11 is 5.03. The highest BCUT2D eigenvalue weighted by atomic mass is 32.1. The fourth-order valence-electron chi connectivity index (χ4n) is 0.734. The number of nitrogens with one attached hydrogen (secondary N) is 1. The third kappa shape index (κ3) is 4.08. The van der Waals surface area contributed by atoms with Crippen LogP contribution in [-0.4, -0.2) is 21.2 Å². The highest BCUT2D eigenvalue weighted by molar-refractivity contribution is 7.80. The molecule has 0 bridgehead atoms. The molecule has 4 nitrogen and oxygen atoms in total. The van der Waals surface area contributed by atoms with Crippen molar-refractivity contribution in [1.82, 2.24) is 5.48 Å². The Morgan fingerprint density at radius 2 is 1.69 bits per heavy atom. The highest BCUT2D eigenvalue weighted by Gasteiger charge is 2.37. The lowest BCUT2D eigenvalue weighted by atomic mass is 9.90. The summed E-state index contributed by atoms with van der Waals surface area (Å²) in [6.07, 6.45) is 0. The van der Waals surface area contributed by atoms with Gasteiger partial charge in [0.15, 0.2) is 0 Å². The van der Waals surface area contributed by atoms with Crippen LogP contribution in [0.3, 0.4) is 0 Å². The van der Waals surface area contributed by atoms with Crippen LogP contribution in [0.4, 0.5) is 0 Å². The summed E-state index contributed by atoms with van der Waals surface area (Å²) in [7, 11) is 0. The lowest BCUT2D eigenvalue weighted by Crippen LogP contribution is -2.50. The molecule has 0 rings (SSSR count). The summed E-state index contributed by atoms with van der Waals surface area (Å²) in [6, 6.07) is 0. The minimum Gasteiger partial charge on any atom is -0.401 e. The van der Waals surface area contributed by atoms with Crippen LogP contribution in [0.15, 0.2) is 11.4 Å². The van der Waals surface area contributed by atoms with Crippen molar-refractivity contribution in [2.24, 2.45) is 5.73 Å². The number of rotatable bonds is 5. The highest BCUT2D eigenvalue weighted by Crippen LogP contribution is 2.24. The Morgan fingerprint density at radius 3 is 1.94 bits per heavy atom. The molecular formula is C11H22N2O2S. The van der Waals surface area contributed by atoms with Crippen LogP contribution in [0.5, 0.6) is 0 Å². The first-order chi connectivity index (χ1) is 6.99. The Hall–Kier alpha value is -0.650.